The average molecular weight is 534 g/mol. The minimum Gasteiger partial charge on any atom is -0.423 e. The fraction of sp³-hybridized carbons (Fsp3) is 0.920. The molecule has 0 heterocycles. The van der Waals surface area contributed by atoms with Crippen molar-refractivity contribution < 1.29 is 40.7 Å². The third-order valence-electron chi connectivity index (χ3n) is 10.2. The molecule has 0 unspecified atom stereocenters. The molecule has 0 aliphatic heterocycles. The van der Waals surface area contributed by atoms with Gasteiger partial charge in [-0.15, -0.1) is 0 Å². The van der Waals surface area contributed by atoms with Gasteiger partial charge in [-0.1, -0.05) is 0 Å². The minimum absolute atomic E-state index is 0.431. The second kappa shape index (κ2) is 8.32. The van der Waals surface area contributed by atoms with Gasteiger partial charge in [0.05, 0.1) is 17.4 Å². The number of sulfonamides is 1. The lowest BCUT2D eigenvalue weighted by atomic mass is 9.49. The molecule has 0 atom stereocenters. The quantitative estimate of drug-likeness (QED) is 0.388. The van der Waals surface area contributed by atoms with E-state index >= 15 is 0 Å². The summed E-state index contributed by atoms with van der Waals surface area (Å²) in [5.41, 5.74) is -6.96. The lowest BCUT2D eigenvalue weighted by Gasteiger charge is -2.55. The molecule has 8 bridgehead atoms. The van der Waals surface area contributed by atoms with Gasteiger partial charge in [0.15, 0.2) is 0 Å². The van der Waals surface area contributed by atoms with Gasteiger partial charge in [0.2, 0.25) is 0 Å². The molecule has 8 rings (SSSR count). The first-order valence-corrected chi connectivity index (χ1v) is 14.8. The number of rotatable bonds is 7. The van der Waals surface area contributed by atoms with Gasteiger partial charge in [-0.25, -0.2) is 8.42 Å². The Hall–Kier alpha value is -1.36. The molecule has 0 spiro atoms. The predicted molar refractivity (Wildman–Crippen MR) is 120 cm³/mol. The fourth-order valence-corrected chi connectivity index (χ4v) is 10.1. The number of alkyl halides is 3. The summed E-state index contributed by atoms with van der Waals surface area (Å²) in [6.07, 6.45) is 8.79. The molecule has 202 valence electrons. The number of carbonyl (C=O) groups is 2. The van der Waals surface area contributed by atoms with E-state index < -0.39 is 51.1 Å². The van der Waals surface area contributed by atoms with Gasteiger partial charge in [-0.05, 0) is 113 Å². The van der Waals surface area contributed by atoms with Crippen molar-refractivity contribution in [1.82, 2.24) is 4.72 Å². The highest BCUT2D eigenvalue weighted by molar-refractivity contribution is 7.90. The zero-order valence-electron chi connectivity index (χ0n) is 20.2. The van der Waals surface area contributed by atoms with E-state index in [0.717, 1.165) is 38.5 Å². The zero-order chi connectivity index (χ0) is 25.5. The van der Waals surface area contributed by atoms with Crippen LogP contribution in [0.3, 0.4) is 0 Å². The van der Waals surface area contributed by atoms with Crippen molar-refractivity contribution in [2.45, 2.75) is 88.8 Å². The fourth-order valence-electron chi connectivity index (χ4n) is 9.58. The first-order valence-electron chi connectivity index (χ1n) is 13.3. The summed E-state index contributed by atoms with van der Waals surface area (Å²) in [5, 5.41) is 0. The van der Waals surface area contributed by atoms with Crippen LogP contribution in [-0.2, 0) is 29.1 Å². The Labute approximate surface area is 209 Å². The van der Waals surface area contributed by atoms with Crippen LogP contribution in [-0.4, -0.2) is 38.7 Å². The zero-order valence-corrected chi connectivity index (χ0v) is 21.0. The van der Waals surface area contributed by atoms with Gasteiger partial charge < -0.3 is 9.47 Å². The first kappa shape index (κ1) is 24.9. The van der Waals surface area contributed by atoms with Crippen LogP contribution in [0.4, 0.5) is 13.2 Å². The smallest absolute Gasteiger partial charge is 0.423 e. The second-order valence-electron chi connectivity index (χ2n) is 12.9. The van der Waals surface area contributed by atoms with E-state index in [1.807, 2.05) is 0 Å². The third-order valence-corrected chi connectivity index (χ3v) is 11.3. The predicted octanol–water partition coefficient (Wildman–Crippen LogP) is 4.27. The van der Waals surface area contributed by atoms with Crippen LogP contribution in [0.1, 0.15) is 77.0 Å². The van der Waals surface area contributed by atoms with E-state index in [1.54, 1.807) is 0 Å². The molecule has 0 aromatic heterocycles. The average Bonchev–Trinajstić information content (AvgIpc) is 2.75. The molecule has 36 heavy (non-hydrogen) atoms. The first-order chi connectivity index (χ1) is 16.8. The van der Waals surface area contributed by atoms with Gasteiger partial charge in [-0.3, -0.25) is 9.59 Å². The number of hydrogen-bond acceptors (Lipinski definition) is 6. The minimum atomic E-state index is -5.69. The van der Waals surface area contributed by atoms with Crippen LogP contribution in [0.15, 0.2) is 0 Å². The highest BCUT2D eigenvalue weighted by Gasteiger charge is 2.58. The van der Waals surface area contributed by atoms with Crippen molar-refractivity contribution in [3.63, 3.8) is 0 Å². The summed E-state index contributed by atoms with van der Waals surface area (Å²) < 4.78 is 74.8. The third kappa shape index (κ3) is 4.25. The molecule has 7 nitrogen and oxygen atoms in total. The van der Waals surface area contributed by atoms with Gasteiger partial charge in [0.1, 0.15) is 0 Å². The van der Waals surface area contributed by atoms with Crippen LogP contribution >= 0.6 is 0 Å². The molecule has 8 aliphatic carbocycles. The number of carbonyl (C=O) groups excluding carboxylic acids is 2. The molecule has 8 aliphatic rings. The molecule has 0 amide bonds. The van der Waals surface area contributed by atoms with Crippen molar-refractivity contribution in [2.75, 3.05) is 6.54 Å². The van der Waals surface area contributed by atoms with E-state index in [-0.39, 0.29) is 0 Å². The summed E-state index contributed by atoms with van der Waals surface area (Å²) in [7, 11) is -5.69. The van der Waals surface area contributed by atoms with E-state index in [1.165, 1.54) is 4.72 Å². The van der Waals surface area contributed by atoms with Crippen LogP contribution in [0.2, 0.25) is 0 Å². The van der Waals surface area contributed by atoms with Gasteiger partial charge in [0.25, 0.3) is 6.29 Å². The SMILES string of the molecule is O=C(OC(CNS(=O)(=O)C(F)(F)F)OC(=O)C12CC3CC(CC(C3)C1)C2)C12CC3CC(CC(C3)C1)C2. The normalized spacial score (nSPS) is 43.4. The summed E-state index contributed by atoms with van der Waals surface area (Å²) >= 11 is 0. The molecule has 0 aromatic rings. The van der Waals surface area contributed by atoms with E-state index in [4.69, 9.17) is 9.47 Å². The molecule has 0 aromatic carbocycles. The number of nitrogens with one attached hydrogen (secondary N) is 1. The van der Waals surface area contributed by atoms with Crippen LogP contribution in [0.25, 0.3) is 0 Å². The van der Waals surface area contributed by atoms with Gasteiger partial charge >= 0.3 is 27.5 Å². The summed E-state index contributed by atoms with van der Waals surface area (Å²) in [4.78, 5) is 26.9. The van der Waals surface area contributed by atoms with Crippen molar-refractivity contribution in [3.05, 3.63) is 0 Å². The Bertz CT molecular complexity index is 912. The monoisotopic (exact) mass is 533 g/mol. The Balaban J connectivity index is 1.19. The number of esters is 2. The topological polar surface area (TPSA) is 98.8 Å². The maximum Gasteiger partial charge on any atom is 0.511 e. The summed E-state index contributed by atoms with van der Waals surface area (Å²) in [6, 6.07) is 0. The standard InChI is InChI=1S/C25H34F3NO6S/c26-25(27,28)36(32,33)29-13-20(34-21(30)23-7-14-1-15(8-23)3-16(2-14)9-23)35-22(31)24-10-17-4-18(11-24)6-19(5-17)12-24/h14-20,29H,1-13H2. The van der Waals surface area contributed by atoms with Crippen LogP contribution in [0.5, 0.6) is 0 Å². The number of halogens is 3. The largest absolute Gasteiger partial charge is 0.511 e. The number of ether oxygens (including phenoxy) is 2. The highest BCUT2D eigenvalue weighted by Crippen LogP contribution is 2.62. The van der Waals surface area contributed by atoms with Gasteiger partial charge in [0, 0.05) is 0 Å². The van der Waals surface area contributed by atoms with Crippen LogP contribution < -0.4 is 4.72 Å². The van der Waals surface area contributed by atoms with E-state index in [9.17, 15) is 31.2 Å². The maximum absolute atomic E-state index is 13.4. The lowest BCUT2D eigenvalue weighted by molar-refractivity contribution is -0.214. The Morgan fingerprint density at radius 3 is 1.31 bits per heavy atom. The van der Waals surface area contributed by atoms with Crippen molar-refractivity contribution >= 4 is 22.0 Å². The second-order valence-corrected chi connectivity index (χ2v) is 14.7. The van der Waals surface area contributed by atoms with Crippen molar-refractivity contribution in [2.24, 2.45) is 46.3 Å². The van der Waals surface area contributed by atoms with Crippen molar-refractivity contribution in [3.8, 4) is 0 Å². The summed E-state index contributed by atoms with van der Waals surface area (Å²) in [5.74, 6) is 1.44. The molecule has 0 saturated heterocycles. The highest BCUT2D eigenvalue weighted by atomic mass is 32.2. The molecule has 8 fully saturated rings. The molecule has 1 N–H and O–H groups in total. The van der Waals surface area contributed by atoms with E-state index in [2.05, 4.69) is 0 Å². The lowest BCUT2D eigenvalue weighted by Crippen LogP contribution is -2.54. The summed E-state index contributed by atoms with van der Waals surface area (Å²) in [6.45, 7) is -0.960. The Morgan fingerprint density at radius 2 is 1.03 bits per heavy atom. The van der Waals surface area contributed by atoms with Crippen molar-refractivity contribution in [1.29, 1.82) is 0 Å². The van der Waals surface area contributed by atoms with Crippen LogP contribution in [0, 0.1) is 46.3 Å². The van der Waals surface area contributed by atoms with E-state index in [0.29, 0.717) is 74.0 Å². The molecule has 8 saturated carbocycles. The molecular weight excluding hydrogens is 499 g/mol. The maximum atomic E-state index is 13.4. The number of hydrogen-bond donors (Lipinski definition) is 1. The molecular formula is C25H34F3NO6S. The van der Waals surface area contributed by atoms with Gasteiger partial charge in [-0.2, -0.15) is 17.9 Å². The Kier molecular flexibility index (Phi) is 5.76. The Morgan fingerprint density at radius 1 is 0.722 bits per heavy atom. The molecule has 0 radical (unpaired) electrons. The molecule has 11 heteroatoms.